The van der Waals surface area contributed by atoms with Crippen molar-refractivity contribution in [1.82, 2.24) is 24.8 Å². The number of imidazole rings is 2. The van der Waals surface area contributed by atoms with Gasteiger partial charge in [-0.15, -0.1) is 0 Å². The molecule has 2 N–H and O–H groups in total. The van der Waals surface area contributed by atoms with Crippen LogP contribution in [0.15, 0.2) is 48.5 Å². The minimum absolute atomic E-state index is 0. The standard InChI is InChI=1S/C22H27N5.Cr/c1-2-3-4-9-14-27(15-21-23-17-10-5-6-11-18(17)24-21)16-22-25-19-12-7-8-13-20(19)26-22;/h5-8,10-13H,2-4,9,14-16H2,1H3,(H,23,24)(H,25,26);. The summed E-state index contributed by atoms with van der Waals surface area (Å²) < 4.78 is 0. The molecule has 0 fully saturated rings. The molecule has 6 heteroatoms. The Morgan fingerprint density at radius 1 is 0.750 bits per heavy atom. The quantitative estimate of drug-likeness (QED) is 0.379. The van der Waals surface area contributed by atoms with Crippen molar-refractivity contribution in [3.05, 3.63) is 60.2 Å². The van der Waals surface area contributed by atoms with Crippen LogP contribution in [0.4, 0.5) is 0 Å². The number of rotatable bonds is 9. The maximum atomic E-state index is 4.75. The zero-order valence-corrected chi connectivity index (χ0v) is 17.6. The number of hydrogen-bond acceptors (Lipinski definition) is 3. The van der Waals surface area contributed by atoms with Crippen LogP contribution in [0.2, 0.25) is 0 Å². The van der Waals surface area contributed by atoms with Crippen molar-refractivity contribution in [2.45, 2.75) is 45.7 Å². The SMILES string of the molecule is CCCCCCN(Cc1nc2ccccc2[nH]1)Cc1nc2ccccc2[nH]1.[Cr]. The summed E-state index contributed by atoms with van der Waals surface area (Å²) in [6.07, 6.45) is 5.03. The first-order valence-corrected chi connectivity index (χ1v) is 9.91. The van der Waals surface area contributed by atoms with Crippen LogP contribution >= 0.6 is 0 Å². The first kappa shape index (κ1) is 20.6. The Bertz CT molecular complexity index is 864. The second-order valence-corrected chi connectivity index (χ2v) is 7.17. The molecular formula is C22H27CrN5. The van der Waals surface area contributed by atoms with E-state index in [1.165, 1.54) is 25.7 Å². The molecule has 28 heavy (non-hydrogen) atoms. The van der Waals surface area contributed by atoms with Crippen LogP contribution in [0.1, 0.15) is 44.3 Å². The van der Waals surface area contributed by atoms with Crippen LogP contribution in [0, 0.1) is 0 Å². The molecule has 0 saturated heterocycles. The van der Waals surface area contributed by atoms with Gasteiger partial charge < -0.3 is 9.97 Å². The molecule has 0 aliphatic heterocycles. The van der Waals surface area contributed by atoms with Crippen molar-refractivity contribution in [1.29, 1.82) is 0 Å². The minimum Gasteiger partial charge on any atom is -0.341 e. The van der Waals surface area contributed by atoms with E-state index < -0.39 is 0 Å². The number of unbranched alkanes of at least 4 members (excludes halogenated alkanes) is 3. The van der Waals surface area contributed by atoms with E-state index in [9.17, 15) is 0 Å². The molecule has 2 aromatic heterocycles. The zero-order valence-electron chi connectivity index (χ0n) is 16.3. The van der Waals surface area contributed by atoms with Gasteiger partial charge >= 0.3 is 0 Å². The summed E-state index contributed by atoms with van der Waals surface area (Å²) in [6.45, 7) is 4.91. The third-order valence-electron chi connectivity index (χ3n) is 4.95. The summed E-state index contributed by atoms with van der Waals surface area (Å²) in [7, 11) is 0. The molecule has 2 aromatic carbocycles. The van der Waals surface area contributed by atoms with Crippen molar-refractivity contribution >= 4 is 22.1 Å². The van der Waals surface area contributed by atoms with Crippen molar-refractivity contribution in [2.75, 3.05) is 6.54 Å². The minimum atomic E-state index is 0. The van der Waals surface area contributed by atoms with Crippen LogP contribution < -0.4 is 0 Å². The summed E-state index contributed by atoms with van der Waals surface area (Å²) in [5, 5.41) is 0. The van der Waals surface area contributed by atoms with Crippen LogP contribution in [0.3, 0.4) is 0 Å². The molecule has 0 atom stereocenters. The Kier molecular flexibility index (Phi) is 7.27. The Morgan fingerprint density at radius 3 is 1.79 bits per heavy atom. The average molecular weight is 413 g/mol. The van der Waals surface area contributed by atoms with E-state index in [4.69, 9.17) is 9.97 Å². The number of benzene rings is 2. The van der Waals surface area contributed by atoms with Gasteiger partial charge in [-0.3, -0.25) is 4.90 Å². The molecule has 2 heterocycles. The van der Waals surface area contributed by atoms with Crippen LogP contribution in [0.5, 0.6) is 0 Å². The maximum absolute atomic E-state index is 4.75. The van der Waals surface area contributed by atoms with E-state index in [1.807, 2.05) is 24.3 Å². The molecule has 0 aliphatic carbocycles. The van der Waals surface area contributed by atoms with E-state index in [1.54, 1.807) is 0 Å². The molecular weight excluding hydrogens is 386 g/mol. The van der Waals surface area contributed by atoms with Gasteiger partial charge in [0.2, 0.25) is 0 Å². The maximum Gasteiger partial charge on any atom is 0.121 e. The fourth-order valence-electron chi connectivity index (χ4n) is 3.56. The third kappa shape index (κ3) is 5.02. The number of hydrogen-bond donors (Lipinski definition) is 2. The van der Waals surface area contributed by atoms with Crippen LogP contribution in [-0.4, -0.2) is 31.4 Å². The van der Waals surface area contributed by atoms with Crippen molar-refractivity contribution in [2.24, 2.45) is 0 Å². The first-order valence-electron chi connectivity index (χ1n) is 9.91. The second-order valence-electron chi connectivity index (χ2n) is 7.17. The van der Waals surface area contributed by atoms with Crippen molar-refractivity contribution in [3.63, 3.8) is 0 Å². The van der Waals surface area contributed by atoms with E-state index in [2.05, 4.69) is 46.1 Å². The first-order chi connectivity index (χ1) is 13.3. The van der Waals surface area contributed by atoms with Gasteiger partial charge in [-0.1, -0.05) is 50.5 Å². The van der Waals surface area contributed by atoms with Crippen LogP contribution in [0.25, 0.3) is 22.1 Å². The molecule has 0 bridgehead atoms. The monoisotopic (exact) mass is 413 g/mol. The molecule has 0 radical (unpaired) electrons. The van der Waals surface area contributed by atoms with E-state index in [0.717, 1.165) is 53.3 Å². The number of para-hydroxylation sites is 4. The van der Waals surface area contributed by atoms with Gasteiger partial charge in [-0.25, -0.2) is 9.97 Å². The molecule has 4 aromatic rings. The van der Waals surface area contributed by atoms with Gasteiger partial charge in [0.25, 0.3) is 0 Å². The van der Waals surface area contributed by atoms with Crippen LogP contribution in [-0.2, 0) is 30.5 Å². The number of aromatic nitrogens is 4. The van der Waals surface area contributed by atoms with E-state index in [0.29, 0.717) is 0 Å². The Morgan fingerprint density at radius 2 is 1.29 bits per heavy atom. The number of H-pyrrole nitrogens is 2. The largest absolute Gasteiger partial charge is 0.341 e. The van der Waals surface area contributed by atoms with Gasteiger partial charge in [0.05, 0.1) is 35.2 Å². The third-order valence-corrected chi connectivity index (χ3v) is 4.95. The smallest absolute Gasteiger partial charge is 0.121 e. The summed E-state index contributed by atoms with van der Waals surface area (Å²) in [5.74, 6) is 2.03. The topological polar surface area (TPSA) is 60.6 Å². The predicted molar refractivity (Wildman–Crippen MR) is 110 cm³/mol. The predicted octanol–water partition coefficient (Wildman–Crippen LogP) is 5.02. The number of nitrogens with one attached hydrogen (secondary N) is 2. The zero-order chi connectivity index (χ0) is 18.5. The number of fused-ring (bicyclic) bond motifs is 2. The van der Waals surface area contributed by atoms with Gasteiger partial charge in [0, 0.05) is 17.4 Å². The normalized spacial score (nSPS) is 11.4. The summed E-state index contributed by atoms with van der Waals surface area (Å²) >= 11 is 0. The Hall–Kier alpha value is -2.13. The second kappa shape index (κ2) is 9.88. The molecule has 0 unspecified atom stereocenters. The van der Waals surface area contributed by atoms with Crippen molar-refractivity contribution in [3.8, 4) is 0 Å². The molecule has 0 spiro atoms. The fraction of sp³-hybridized carbons (Fsp3) is 0.364. The van der Waals surface area contributed by atoms with Gasteiger partial charge in [0.15, 0.2) is 0 Å². The molecule has 4 rings (SSSR count). The Labute approximate surface area is 176 Å². The van der Waals surface area contributed by atoms with Gasteiger partial charge in [0.1, 0.15) is 11.6 Å². The number of nitrogens with zero attached hydrogens (tertiary/aromatic N) is 3. The summed E-state index contributed by atoms with van der Waals surface area (Å²) in [5.41, 5.74) is 4.26. The summed E-state index contributed by atoms with van der Waals surface area (Å²) in [4.78, 5) is 18.9. The fourth-order valence-corrected chi connectivity index (χ4v) is 3.56. The molecule has 5 nitrogen and oxygen atoms in total. The number of aromatic amines is 2. The van der Waals surface area contributed by atoms with E-state index in [-0.39, 0.29) is 17.4 Å². The van der Waals surface area contributed by atoms with Crippen molar-refractivity contribution < 1.29 is 17.4 Å². The summed E-state index contributed by atoms with van der Waals surface area (Å²) in [6, 6.07) is 16.4. The molecule has 0 aliphatic rings. The molecule has 146 valence electrons. The van der Waals surface area contributed by atoms with Gasteiger partial charge in [-0.2, -0.15) is 0 Å². The average Bonchev–Trinajstić information content (AvgIpc) is 3.27. The Balaban J connectivity index is 0.00000225. The molecule has 0 amide bonds. The van der Waals surface area contributed by atoms with Gasteiger partial charge in [-0.05, 0) is 37.2 Å². The van der Waals surface area contributed by atoms with E-state index >= 15 is 0 Å². The molecule has 0 saturated carbocycles.